The zero-order valence-corrected chi connectivity index (χ0v) is 12.3. The Balaban J connectivity index is 1.83. The van der Waals surface area contributed by atoms with Crippen LogP contribution in [0.25, 0.3) is 0 Å². The van der Waals surface area contributed by atoms with E-state index >= 15 is 0 Å². The van der Waals surface area contributed by atoms with Crippen LogP contribution in [0, 0.1) is 6.92 Å². The number of nitrogens with one attached hydrogen (secondary N) is 1. The highest BCUT2D eigenvalue weighted by Crippen LogP contribution is 2.20. The monoisotopic (exact) mass is 288 g/mol. The van der Waals surface area contributed by atoms with E-state index in [1.165, 1.54) is 6.33 Å². The SMILES string of the molecule is CCOc1ncnc(NCCOc2ccc(N)cc2)c1C. The van der Waals surface area contributed by atoms with Gasteiger partial charge in [-0.1, -0.05) is 0 Å². The molecule has 0 aliphatic heterocycles. The number of ether oxygens (including phenoxy) is 2. The van der Waals surface area contributed by atoms with E-state index in [-0.39, 0.29) is 0 Å². The Morgan fingerprint density at radius 3 is 2.62 bits per heavy atom. The molecule has 0 saturated heterocycles. The average Bonchev–Trinajstić information content (AvgIpc) is 2.49. The maximum absolute atomic E-state index is 5.62. The summed E-state index contributed by atoms with van der Waals surface area (Å²) in [5.74, 6) is 2.16. The molecule has 2 aromatic rings. The molecule has 0 radical (unpaired) electrons. The van der Waals surface area contributed by atoms with Crippen LogP contribution in [0.4, 0.5) is 11.5 Å². The van der Waals surface area contributed by atoms with Crippen molar-refractivity contribution in [3.8, 4) is 11.6 Å². The van der Waals surface area contributed by atoms with Gasteiger partial charge in [-0.05, 0) is 38.1 Å². The van der Waals surface area contributed by atoms with E-state index in [2.05, 4.69) is 15.3 Å². The van der Waals surface area contributed by atoms with Crippen LogP contribution in [0.3, 0.4) is 0 Å². The molecule has 6 heteroatoms. The van der Waals surface area contributed by atoms with Gasteiger partial charge in [-0.2, -0.15) is 0 Å². The van der Waals surface area contributed by atoms with Crippen LogP contribution >= 0.6 is 0 Å². The molecule has 1 aromatic carbocycles. The van der Waals surface area contributed by atoms with Gasteiger partial charge in [0.25, 0.3) is 0 Å². The Hall–Kier alpha value is -2.50. The van der Waals surface area contributed by atoms with Gasteiger partial charge < -0.3 is 20.5 Å². The quantitative estimate of drug-likeness (QED) is 0.600. The van der Waals surface area contributed by atoms with Crippen molar-refractivity contribution in [2.45, 2.75) is 13.8 Å². The lowest BCUT2D eigenvalue weighted by atomic mass is 10.3. The van der Waals surface area contributed by atoms with Crippen LogP contribution in [0.2, 0.25) is 0 Å². The summed E-state index contributed by atoms with van der Waals surface area (Å²) in [5, 5.41) is 3.21. The summed E-state index contributed by atoms with van der Waals surface area (Å²) in [6.07, 6.45) is 1.49. The number of hydrogen-bond donors (Lipinski definition) is 2. The van der Waals surface area contributed by atoms with Crippen LogP contribution in [-0.4, -0.2) is 29.7 Å². The molecule has 0 bridgehead atoms. The smallest absolute Gasteiger partial charge is 0.221 e. The maximum Gasteiger partial charge on any atom is 0.221 e. The first-order valence-electron chi connectivity index (χ1n) is 6.87. The lowest BCUT2D eigenvalue weighted by Gasteiger charge is -2.12. The molecule has 0 aliphatic rings. The number of nitrogen functional groups attached to an aromatic ring is 1. The Kier molecular flexibility index (Phi) is 5.20. The summed E-state index contributed by atoms with van der Waals surface area (Å²) >= 11 is 0. The van der Waals surface area contributed by atoms with Gasteiger partial charge in [0.15, 0.2) is 0 Å². The predicted octanol–water partition coefficient (Wildman–Crippen LogP) is 2.26. The van der Waals surface area contributed by atoms with E-state index in [4.69, 9.17) is 15.2 Å². The molecular weight excluding hydrogens is 268 g/mol. The molecule has 1 aromatic heterocycles. The molecule has 0 fully saturated rings. The van der Waals surface area contributed by atoms with Crippen LogP contribution in [0.1, 0.15) is 12.5 Å². The first-order chi connectivity index (χ1) is 10.2. The molecule has 0 atom stereocenters. The van der Waals surface area contributed by atoms with Crippen molar-refractivity contribution in [2.24, 2.45) is 0 Å². The van der Waals surface area contributed by atoms with Crippen LogP contribution in [0.5, 0.6) is 11.6 Å². The minimum atomic E-state index is 0.525. The Bertz CT molecular complexity index is 572. The Labute approximate surface area is 124 Å². The maximum atomic E-state index is 5.62. The molecule has 0 aliphatic carbocycles. The number of rotatable bonds is 7. The average molecular weight is 288 g/mol. The van der Waals surface area contributed by atoms with Crippen LogP contribution < -0.4 is 20.5 Å². The van der Waals surface area contributed by atoms with Gasteiger partial charge in [0, 0.05) is 5.69 Å². The van der Waals surface area contributed by atoms with E-state index in [1.54, 1.807) is 0 Å². The van der Waals surface area contributed by atoms with E-state index < -0.39 is 0 Å². The topological polar surface area (TPSA) is 82.3 Å². The van der Waals surface area contributed by atoms with E-state index in [0.717, 1.165) is 22.8 Å². The fraction of sp³-hybridized carbons (Fsp3) is 0.333. The molecule has 6 nitrogen and oxygen atoms in total. The second kappa shape index (κ2) is 7.33. The van der Waals surface area contributed by atoms with Gasteiger partial charge >= 0.3 is 0 Å². The summed E-state index contributed by atoms with van der Waals surface area (Å²) < 4.78 is 11.0. The molecule has 1 heterocycles. The third kappa shape index (κ3) is 4.24. The normalized spacial score (nSPS) is 10.2. The Morgan fingerprint density at radius 2 is 1.90 bits per heavy atom. The van der Waals surface area contributed by atoms with E-state index in [1.807, 2.05) is 38.1 Å². The molecule has 0 saturated carbocycles. The zero-order chi connectivity index (χ0) is 15.1. The molecule has 0 spiro atoms. The van der Waals surface area contributed by atoms with Crippen LogP contribution in [0.15, 0.2) is 30.6 Å². The molecular formula is C15H20N4O2. The molecule has 21 heavy (non-hydrogen) atoms. The first-order valence-corrected chi connectivity index (χ1v) is 6.87. The fourth-order valence-corrected chi connectivity index (χ4v) is 1.80. The van der Waals surface area contributed by atoms with Gasteiger partial charge in [-0.25, -0.2) is 9.97 Å². The van der Waals surface area contributed by atoms with Crippen molar-refractivity contribution in [3.63, 3.8) is 0 Å². The minimum Gasteiger partial charge on any atom is -0.492 e. The number of hydrogen-bond acceptors (Lipinski definition) is 6. The summed E-state index contributed by atoms with van der Waals surface area (Å²) in [6, 6.07) is 7.31. The lowest BCUT2D eigenvalue weighted by molar-refractivity contribution is 0.323. The van der Waals surface area contributed by atoms with Crippen molar-refractivity contribution < 1.29 is 9.47 Å². The standard InChI is InChI=1S/C15H20N4O2/c1-3-20-15-11(2)14(18-10-19-15)17-8-9-21-13-6-4-12(16)5-7-13/h4-7,10H,3,8-9,16H2,1-2H3,(H,17,18,19). The second-order valence-corrected chi connectivity index (χ2v) is 4.43. The largest absolute Gasteiger partial charge is 0.492 e. The van der Waals surface area contributed by atoms with Gasteiger partial charge in [0.2, 0.25) is 5.88 Å². The number of nitrogens with zero attached hydrogens (tertiary/aromatic N) is 2. The molecule has 0 unspecified atom stereocenters. The van der Waals surface area contributed by atoms with Gasteiger partial charge in [-0.3, -0.25) is 0 Å². The Morgan fingerprint density at radius 1 is 1.14 bits per heavy atom. The van der Waals surface area contributed by atoms with Gasteiger partial charge in [-0.15, -0.1) is 0 Å². The highest BCUT2D eigenvalue weighted by molar-refractivity contribution is 5.47. The van der Waals surface area contributed by atoms with Crippen molar-refractivity contribution in [3.05, 3.63) is 36.2 Å². The van der Waals surface area contributed by atoms with Crippen molar-refractivity contribution >= 4 is 11.5 Å². The fourth-order valence-electron chi connectivity index (χ4n) is 1.80. The van der Waals surface area contributed by atoms with Gasteiger partial charge in [0.05, 0.1) is 18.7 Å². The van der Waals surface area contributed by atoms with Crippen molar-refractivity contribution in [2.75, 3.05) is 30.8 Å². The van der Waals surface area contributed by atoms with Crippen LogP contribution in [-0.2, 0) is 0 Å². The number of anilines is 2. The third-order valence-electron chi connectivity index (χ3n) is 2.86. The van der Waals surface area contributed by atoms with E-state index in [0.29, 0.717) is 25.6 Å². The van der Waals surface area contributed by atoms with E-state index in [9.17, 15) is 0 Å². The second-order valence-electron chi connectivity index (χ2n) is 4.43. The third-order valence-corrected chi connectivity index (χ3v) is 2.86. The highest BCUT2D eigenvalue weighted by Gasteiger charge is 2.07. The number of aromatic nitrogens is 2. The first kappa shape index (κ1) is 14.9. The van der Waals surface area contributed by atoms with Gasteiger partial charge in [0.1, 0.15) is 24.5 Å². The summed E-state index contributed by atoms with van der Waals surface area (Å²) in [7, 11) is 0. The molecule has 2 rings (SSSR count). The van der Waals surface area contributed by atoms with Crippen molar-refractivity contribution in [1.82, 2.24) is 9.97 Å². The predicted molar refractivity (Wildman–Crippen MR) is 82.8 cm³/mol. The number of benzene rings is 1. The summed E-state index contributed by atoms with van der Waals surface area (Å²) in [4.78, 5) is 8.30. The molecule has 0 amide bonds. The van der Waals surface area contributed by atoms with Crippen molar-refractivity contribution in [1.29, 1.82) is 0 Å². The molecule has 3 N–H and O–H groups in total. The lowest BCUT2D eigenvalue weighted by Crippen LogP contribution is -2.14. The number of nitrogens with two attached hydrogens (primary N) is 1. The zero-order valence-electron chi connectivity index (χ0n) is 12.3. The minimum absolute atomic E-state index is 0.525. The summed E-state index contributed by atoms with van der Waals surface area (Å²) in [5.41, 5.74) is 7.24. The molecule has 112 valence electrons. The summed E-state index contributed by atoms with van der Waals surface area (Å²) in [6.45, 7) is 5.59. The highest BCUT2D eigenvalue weighted by atomic mass is 16.5.